The summed E-state index contributed by atoms with van der Waals surface area (Å²) >= 11 is 6.20. The normalized spacial score (nSPS) is 33.5. The van der Waals surface area contributed by atoms with E-state index in [0.29, 0.717) is 11.8 Å². The van der Waals surface area contributed by atoms with Crippen LogP contribution in [0, 0.1) is 23.2 Å². The first-order valence-corrected chi connectivity index (χ1v) is 14.4. The van der Waals surface area contributed by atoms with Crippen molar-refractivity contribution in [2.45, 2.75) is 51.2 Å². The Morgan fingerprint density at radius 3 is 2.49 bits per heavy atom. The van der Waals surface area contributed by atoms with Crippen LogP contribution in [0.25, 0.3) is 0 Å². The van der Waals surface area contributed by atoms with Gasteiger partial charge in [-0.2, -0.15) is 0 Å². The van der Waals surface area contributed by atoms with Gasteiger partial charge in [0, 0.05) is 43.7 Å². The van der Waals surface area contributed by atoms with Crippen molar-refractivity contribution in [1.29, 1.82) is 0 Å². The summed E-state index contributed by atoms with van der Waals surface area (Å²) in [5.74, 6) is 0.914. The molecule has 2 aliphatic carbocycles. The Morgan fingerprint density at radius 2 is 1.76 bits per heavy atom. The number of esters is 1. The van der Waals surface area contributed by atoms with Gasteiger partial charge < -0.3 is 4.74 Å². The van der Waals surface area contributed by atoms with Gasteiger partial charge >= 0.3 is 5.97 Å². The van der Waals surface area contributed by atoms with Crippen molar-refractivity contribution in [3.05, 3.63) is 82.9 Å². The van der Waals surface area contributed by atoms with Gasteiger partial charge in [-0.1, -0.05) is 73.1 Å². The first-order valence-electron chi connectivity index (χ1n) is 14.1. The molecule has 2 aliphatic heterocycles. The number of piperazine rings is 1. The number of carbonyl (C=O) groups excluding carboxylic acids is 1. The maximum absolute atomic E-state index is 13.1. The lowest BCUT2D eigenvalue weighted by Gasteiger charge is -2.50. The number of carbonyl (C=O) groups is 1. The summed E-state index contributed by atoms with van der Waals surface area (Å²) in [5, 5.41) is 0.766. The number of benzene rings is 2. The molecule has 0 radical (unpaired) electrons. The first kappa shape index (κ1) is 25.2. The summed E-state index contributed by atoms with van der Waals surface area (Å²) in [5.41, 5.74) is 4.24. The molecule has 2 heterocycles. The van der Waals surface area contributed by atoms with E-state index in [-0.39, 0.29) is 29.4 Å². The molecule has 0 bridgehead atoms. The summed E-state index contributed by atoms with van der Waals surface area (Å²) < 4.78 is 6.04. The molecule has 0 amide bonds. The topological polar surface area (TPSA) is 32.8 Å². The monoisotopic (exact) mass is 518 g/mol. The van der Waals surface area contributed by atoms with Crippen molar-refractivity contribution in [3.8, 4) is 0 Å². The Bertz CT molecular complexity index is 1130. The fourth-order valence-electron chi connectivity index (χ4n) is 7.84. The second kappa shape index (κ2) is 10.2. The average molecular weight is 519 g/mol. The minimum atomic E-state index is -0.00277. The van der Waals surface area contributed by atoms with E-state index in [1.165, 1.54) is 29.5 Å². The summed E-state index contributed by atoms with van der Waals surface area (Å²) in [6, 6.07) is 19.2. The van der Waals surface area contributed by atoms with Gasteiger partial charge in [0.05, 0.1) is 12.0 Å². The van der Waals surface area contributed by atoms with E-state index >= 15 is 0 Å². The van der Waals surface area contributed by atoms with Crippen LogP contribution in [0.2, 0.25) is 5.02 Å². The number of hydrogen-bond donors (Lipinski definition) is 0. The zero-order valence-corrected chi connectivity index (χ0v) is 22.7. The second-order valence-corrected chi connectivity index (χ2v) is 12.5. The third-order valence-corrected chi connectivity index (χ3v) is 10.1. The van der Waals surface area contributed by atoms with E-state index in [0.717, 1.165) is 57.0 Å². The Morgan fingerprint density at radius 1 is 1.05 bits per heavy atom. The van der Waals surface area contributed by atoms with Crippen LogP contribution in [-0.2, 0) is 9.53 Å². The molecule has 6 atom stereocenters. The van der Waals surface area contributed by atoms with Crippen LogP contribution in [0.1, 0.15) is 56.2 Å². The molecular weight excluding hydrogens is 480 g/mol. The highest BCUT2D eigenvalue weighted by Gasteiger charge is 2.55. The molecule has 6 rings (SSSR count). The highest BCUT2D eigenvalue weighted by molar-refractivity contribution is 6.30. The number of fused-ring (bicyclic) bond motifs is 2. The molecule has 5 heteroatoms. The number of allylic oxidation sites excluding steroid dienone is 1. The van der Waals surface area contributed by atoms with E-state index in [1.807, 2.05) is 12.1 Å². The maximum atomic E-state index is 13.1. The predicted octanol–water partition coefficient (Wildman–Crippen LogP) is 6.36. The molecule has 2 aromatic rings. The minimum Gasteiger partial charge on any atom is -0.462 e. The number of halogens is 1. The van der Waals surface area contributed by atoms with Crippen molar-refractivity contribution < 1.29 is 9.53 Å². The molecule has 0 N–H and O–H groups in total. The molecule has 0 aromatic heterocycles. The van der Waals surface area contributed by atoms with Gasteiger partial charge in [-0.25, -0.2) is 0 Å². The lowest BCUT2D eigenvalue weighted by molar-refractivity contribution is -0.146. The predicted molar refractivity (Wildman–Crippen MR) is 148 cm³/mol. The Hall–Kier alpha value is -2.14. The van der Waals surface area contributed by atoms with Crippen molar-refractivity contribution in [2.24, 2.45) is 23.2 Å². The van der Waals surface area contributed by atoms with Crippen LogP contribution in [-0.4, -0.2) is 54.6 Å². The van der Waals surface area contributed by atoms with Gasteiger partial charge in [0.15, 0.2) is 0 Å². The molecule has 37 heavy (non-hydrogen) atoms. The number of rotatable bonds is 5. The lowest BCUT2D eigenvalue weighted by Crippen LogP contribution is -2.50. The standard InChI is InChI=1S/C32H39ClN2O2/c1-22-7-6-14-32(2)20-29-26(19-28(22)32)27(31(36)37-29)21-34-15-17-35(18-16-34)30(23-8-4-3-5-9-23)24-10-12-25(33)13-11-24/h3-5,8-13,26-30H,1,6-7,14-21H2,2H3/t26-,27+,28-,29+,30-,32+/m0/s1. The van der Waals surface area contributed by atoms with Crippen LogP contribution < -0.4 is 0 Å². The highest BCUT2D eigenvalue weighted by Crippen LogP contribution is 2.57. The van der Waals surface area contributed by atoms with E-state index in [9.17, 15) is 4.79 Å². The van der Waals surface area contributed by atoms with Crippen molar-refractivity contribution in [2.75, 3.05) is 32.7 Å². The van der Waals surface area contributed by atoms with Crippen LogP contribution >= 0.6 is 11.6 Å². The van der Waals surface area contributed by atoms with Crippen molar-refractivity contribution in [3.63, 3.8) is 0 Å². The zero-order valence-electron chi connectivity index (χ0n) is 21.9. The number of hydrogen-bond acceptors (Lipinski definition) is 4. The van der Waals surface area contributed by atoms with E-state index in [2.05, 4.69) is 65.8 Å². The number of nitrogens with zero attached hydrogens (tertiary/aromatic N) is 2. The molecule has 2 saturated carbocycles. The van der Waals surface area contributed by atoms with E-state index in [1.54, 1.807) is 0 Å². The smallest absolute Gasteiger partial charge is 0.310 e. The number of ether oxygens (including phenoxy) is 1. The van der Waals surface area contributed by atoms with Crippen LogP contribution in [0.4, 0.5) is 0 Å². The van der Waals surface area contributed by atoms with E-state index in [4.69, 9.17) is 16.3 Å². The summed E-state index contributed by atoms with van der Waals surface area (Å²) in [7, 11) is 0. The quantitative estimate of drug-likeness (QED) is 0.340. The summed E-state index contributed by atoms with van der Waals surface area (Å²) in [6.45, 7) is 11.5. The van der Waals surface area contributed by atoms with Crippen LogP contribution in [0.5, 0.6) is 0 Å². The average Bonchev–Trinajstić information content (AvgIpc) is 3.19. The van der Waals surface area contributed by atoms with Gasteiger partial charge in [0.25, 0.3) is 0 Å². The first-order chi connectivity index (χ1) is 17.9. The third-order valence-electron chi connectivity index (χ3n) is 9.85. The lowest BCUT2D eigenvalue weighted by atomic mass is 9.55. The SMILES string of the molecule is C=C1CCC[C@]2(C)C[C@H]3OC(=O)[C@H](CN4CCN([C@@H](c5ccccc5)c5ccc(Cl)cc5)CC4)[C@@H]3C[C@@H]12. The minimum absolute atomic E-state index is 0.00277. The fourth-order valence-corrected chi connectivity index (χ4v) is 7.97. The van der Waals surface area contributed by atoms with Crippen molar-refractivity contribution in [1.82, 2.24) is 9.80 Å². The molecule has 196 valence electrons. The van der Waals surface area contributed by atoms with Crippen LogP contribution in [0.3, 0.4) is 0 Å². The van der Waals surface area contributed by atoms with Gasteiger partial charge in [-0.15, -0.1) is 0 Å². The molecule has 4 nitrogen and oxygen atoms in total. The Kier molecular flexibility index (Phi) is 6.94. The second-order valence-electron chi connectivity index (χ2n) is 12.1. The van der Waals surface area contributed by atoms with Gasteiger partial charge in [0.2, 0.25) is 0 Å². The molecule has 2 aromatic carbocycles. The molecule has 2 saturated heterocycles. The van der Waals surface area contributed by atoms with Gasteiger partial charge in [-0.05, 0) is 66.7 Å². The zero-order chi connectivity index (χ0) is 25.6. The molecule has 4 aliphatic rings. The summed E-state index contributed by atoms with van der Waals surface area (Å²) in [4.78, 5) is 18.2. The van der Waals surface area contributed by atoms with Crippen molar-refractivity contribution >= 4 is 17.6 Å². The van der Waals surface area contributed by atoms with Gasteiger partial charge in [-0.3, -0.25) is 14.6 Å². The van der Waals surface area contributed by atoms with E-state index < -0.39 is 0 Å². The molecule has 0 unspecified atom stereocenters. The van der Waals surface area contributed by atoms with Crippen LogP contribution in [0.15, 0.2) is 66.7 Å². The third kappa shape index (κ3) is 4.89. The fraction of sp³-hybridized carbons (Fsp3) is 0.531. The Labute approximate surface area is 226 Å². The Balaban J connectivity index is 1.13. The molecular formula is C32H39ClN2O2. The molecule has 4 fully saturated rings. The van der Waals surface area contributed by atoms with Gasteiger partial charge in [0.1, 0.15) is 6.10 Å². The maximum Gasteiger partial charge on any atom is 0.310 e. The summed E-state index contributed by atoms with van der Waals surface area (Å²) in [6.07, 6.45) is 5.79. The molecule has 0 spiro atoms. The highest BCUT2D eigenvalue weighted by atomic mass is 35.5. The largest absolute Gasteiger partial charge is 0.462 e.